The molecular weight excluding hydrogens is 158 g/mol. The van der Waals surface area contributed by atoms with Gasteiger partial charge in [-0.15, -0.1) is 0 Å². The summed E-state index contributed by atoms with van der Waals surface area (Å²) < 4.78 is 0. The van der Waals surface area contributed by atoms with E-state index < -0.39 is 5.97 Å². The first-order chi connectivity index (χ1) is 5.54. The molecule has 1 aliphatic rings. The molecule has 0 saturated carbocycles. The lowest BCUT2D eigenvalue weighted by molar-refractivity contribution is -0.142. The van der Waals surface area contributed by atoms with Crippen molar-refractivity contribution in [2.45, 2.75) is 26.3 Å². The summed E-state index contributed by atoms with van der Waals surface area (Å²) in [6.07, 6.45) is 0.579. The van der Waals surface area contributed by atoms with Gasteiger partial charge in [0.05, 0.1) is 5.92 Å². The highest BCUT2D eigenvalue weighted by atomic mass is 16.4. The largest absolute Gasteiger partial charge is 0.481 e. The van der Waals surface area contributed by atoms with Gasteiger partial charge in [-0.1, -0.05) is 0 Å². The third-order valence-electron chi connectivity index (χ3n) is 2.48. The van der Waals surface area contributed by atoms with Gasteiger partial charge in [-0.2, -0.15) is 0 Å². The zero-order valence-corrected chi connectivity index (χ0v) is 7.28. The van der Waals surface area contributed by atoms with Crippen LogP contribution in [-0.4, -0.2) is 34.5 Å². The number of carboxylic acids is 1. The highest BCUT2D eigenvalue weighted by Gasteiger charge is 2.36. The lowest BCUT2D eigenvalue weighted by Gasteiger charge is -2.21. The summed E-state index contributed by atoms with van der Waals surface area (Å²) >= 11 is 0. The van der Waals surface area contributed by atoms with Gasteiger partial charge in [-0.25, -0.2) is 0 Å². The van der Waals surface area contributed by atoms with E-state index in [1.165, 1.54) is 6.92 Å². The smallest absolute Gasteiger partial charge is 0.308 e. The lowest BCUT2D eigenvalue weighted by Crippen LogP contribution is -2.36. The highest BCUT2D eigenvalue weighted by molar-refractivity contribution is 5.77. The molecule has 0 bridgehead atoms. The normalized spacial score (nSPS) is 29.0. The Labute approximate surface area is 71.2 Å². The van der Waals surface area contributed by atoms with Crippen molar-refractivity contribution in [2.75, 3.05) is 6.54 Å². The molecule has 1 N–H and O–H groups in total. The zero-order chi connectivity index (χ0) is 9.30. The molecule has 1 saturated heterocycles. The molecule has 0 spiro atoms. The molecular formula is C8H13NO3. The van der Waals surface area contributed by atoms with E-state index in [9.17, 15) is 9.59 Å². The van der Waals surface area contributed by atoms with Crippen LogP contribution in [0, 0.1) is 5.92 Å². The molecule has 0 radical (unpaired) electrons. The molecule has 12 heavy (non-hydrogen) atoms. The molecule has 2 atom stereocenters. The van der Waals surface area contributed by atoms with Gasteiger partial charge in [0.2, 0.25) is 5.91 Å². The number of carbonyl (C=O) groups is 2. The minimum Gasteiger partial charge on any atom is -0.481 e. The number of carbonyl (C=O) groups excluding carboxylic acids is 1. The lowest BCUT2D eigenvalue weighted by atomic mass is 10.0. The quantitative estimate of drug-likeness (QED) is 0.618. The number of amides is 1. The molecule has 1 amide bonds. The number of aliphatic carboxylic acids is 1. The van der Waals surface area contributed by atoms with Crippen molar-refractivity contribution >= 4 is 11.9 Å². The fraction of sp³-hybridized carbons (Fsp3) is 0.750. The van der Waals surface area contributed by atoms with E-state index in [2.05, 4.69) is 0 Å². The van der Waals surface area contributed by atoms with Crippen molar-refractivity contribution in [3.05, 3.63) is 0 Å². The molecule has 68 valence electrons. The van der Waals surface area contributed by atoms with Crippen molar-refractivity contribution in [2.24, 2.45) is 5.92 Å². The average molecular weight is 171 g/mol. The van der Waals surface area contributed by atoms with Crippen molar-refractivity contribution < 1.29 is 14.7 Å². The Balaban J connectivity index is 2.67. The fourth-order valence-corrected chi connectivity index (χ4v) is 1.71. The summed E-state index contributed by atoms with van der Waals surface area (Å²) in [5.41, 5.74) is 0. The topological polar surface area (TPSA) is 57.6 Å². The first-order valence-electron chi connectivity index (χ1n) is 4.04. The minimum absolute atomic E-state index is 0.0359. The van der Waals surface area contributed by atoms with Crippen LogP contribution in [0.4, 0.5) is 0 Å². The van der Waals surface area contributed by atoms with Crippen LogP contribution in [0.25, 0.3) is 0 Å². The van der Waals surface area contributed by atoms with Gasteiger partial charge in [0, 0.05) is 19.5 Å². The summed E-state index contributed by atoms with van der Waals surface area (Å²) in [7, 11) is 0. The van der Waals surface area contributed by atoms with E-state index in [1.807, 2.05) is 0 Å². The van der Waals surface area contributed by atoms with E-state index in [0.29, 0.717) is 13.0 Å². The van der Waals surface area contributed by atoms with Gasteiger partial charge in [0.25, 0.3) is 0 Å². The summed E-state index contributed by atoms with van der Waals surface area (Å²) in [6, 6.07) is -0.153. The fourth-order valence-electron chi connectivity index (χ4n) is 1.71. The Kier molecular flexibility index (Phi) is 2.35. The van der Waals surface area contributed by atoms with E-state index >= 15 is 0 Å². The second kappa shape index (κ2) is 3.13. The average Bonchev–Trinajstić information content (AvgIpc) is 2.30. The molecule has 1 aliphatic heterocycles. The van der Waals surface area contributed by atoms with Crippen LogP contribution in [0.3, 0.4) is 0 Å². The molecule has 4 heteroatoms. The van der Waals surface area contributed by atoms with Gasteiger partial charge in [-0.05, 0) is 13.3 Å². The zero-order valence-electron chi connectivity index (χ0n) is 7.28. The van der Waals surface area contributed by atoms with Crippen LogP contribution >= 0.6 is 0 Å². The molecule has 1 rings (SSSR count). The van der Waals surface area contributed by atoms with Crippen molar-refractivity contribution in [3.63, 3.8) is 0 Å². The molecule has 0 aromatic carbocycles. The second-order valence-corrected chi connectivity index (χ2v) is 3.19. The Morgan fingerprint density at radius 1 is 1.50 bits per heavy atom. The van der Waals surface area contributed by atoms with Crippen molar-refractivity contribution in [1.82, 2.24) is 4.90 Å². The van der Waals surface area contributed by atoms with Crippen LogP contribution in [-0.2, 0) is 9.59 Å². The third-order valence-corrected chi connectivity index (χ3v) is 2.48. The van der Waals surface area contributed by atoms with Crippen molar-refractivity contribution in [1.29, 1.82) is 0 Å². The van der Waals surface area contributed by atoms with Crippen LogP contribution < -0.4 is 0 Å². The Hall–Kier alpha value is -1.06. The number of carboxylic acid groups (broad SMARTS) is 1. The van der Waals surface area contributed by atoms with Crippen LogP contribution in [0.15, 0.2) is 0 Å². The van der Waals surface area contributed by atoms with Gasteiger partial charge < -0.3 is 10.0 Å². The summed E-state index contributed by atoms with van der Waals surface area (Å²) in [4.78, 5) is 23.2. The van der Waals surface area contributed by atoms with Gasteiger partial charge in [-0.3, -0.25) is 9.59 Å². The maximum absolute atomic E-state index is 11.0. The molecule has 0 aliphatic carbocycles. The van der Waals surface area contributed by atoms with Crippen LogP contribution in [0.5, 0.6) is 0 Å². The molecule has 0 aromatic heterocycles. The number of rotatable bonds is 1. The van der Waals surface area contributed by atoms with Gasteiger partial charge in [0.15, 0.2) is 0 Å². The monoisotopic (exact) mass is 171 g/mol. The number of hydrogen-bond acceptors (Lipinski definition) is 2. The SMILES string of the molecule is CC(=O)N1CCC(C(=O)O)C1C. The summed E-state index contributed by atoms with van der Waals surface area (Å²) in [6.45, 7) is 3.83. The highest BCUT2D eigenvalue weighted by Crippen LogP contribution is 2.23. The standard InChI is InChI=1S/C8H13NO3/c1-5-7(8(11)12)3-4-9(5)6(2)10/h5,7H,3-4H2,1-2H3,(H,11,12). The Bertz CT molecular complexity index is 192. The van der Waals surface area contributed by atoms with E-state index in [4.69, 9.17) is 5.11 Å². The predicted octanol–water partition coefficient (Wildman–Crippen LogP) is 0.328. The van der Waals surface area contributed by atoms with E-state index in [0.717, 1.165) is 0 Å². The maximum atomic E-state index is 11.0. The molecule has 0 aromatic rings. The summed E-state index contributed by atoms with van der Waals surface area (Å²) in [5.74, 6) is -1.22. The van der Waals surface area contributed by atoms with Crippen LogP contribution in [0.1, 0.15) is 20.3 Å². The predicted molar refractivity (Wildman–Crippen MR) is 42.6 cm³/mol. The van der Waals surface area contributed by atoms with E-state index in [-0.39, 0.29) is 17.9 Å². The number of hydrogen-bond donors (Lipinski definition) is 1. The molecule has 1 fully saturated rings. The first-order valence-corrected chi connectivity index (χ1v) is 4.04. The first kappa shape index (κ1) is 9.03. The maximum Gasteiger partial charge on any atom is 0.308 e. The Morgan fingerprint density at radius 3 is 2.33 bits per heavy atom. The van der Waals surface area contributed by atoms with E-state index in [1.54, 1.807) is 11.8 Å². The number of likely N-dealkylation sites (tertiary alicyclic amines) is 1. The van der Waals surface area contributed by atoms with Crippen molar-refractivity contribution in [3.8, 4) is 0 Å². The molecule has 2 unspecified atom stereocenters. The Morgan fingerprint density at radius 2 is 2.08 bits per heavy atom. The molecule has 1 heterocycles. The van der Waals surface area contributed by atoms with Gasteiger partial charge >= 0.3 is 5.97 Å². The number of nitrogens with zero attached hydrogens (tertiary/aromatic N) is 1. The summed E-state index contributed by atoms with van der Waals surface area (Å²) in [5, 5.41) is 8.75. The van der Waals surface area contributed by atoms with Crippen LogP contribution in [0.2, 0.25) is 0 Å². The second-order valence-electron chi connectivity index (χ2n) is 3.19. The van der Waals surface area contributed by atoms with Gasteiger partial charge in [0.1, 0.15) is 0 Å². The minimum atomic E-state index is -0.800. The molecule has 4 nitrogen and oxygen atoms in total. The third kappa shape index (κ3) is 1.42.